The highest BCUT2D eigenvalue weighted by molar-refractivity contribution is 5.85. The molecule has 0 N–H and O–H groups in total. The summed E-state index contributed by atoms with van der Waals surface area (Å²) in [6.07, 6.45) is 1.38. The molecule has 2 heteroatoms. The van der Waals surface area contributed by atoms with Crippen LogP contribution in [0.25, 0.3) is 10.8 Å². The molecule has 0 atom stereocenters. The third kappa shape index (κ3) is 5.54. The Balaban J connectivity index is 2.05. The van der Waals surface area contributed by atoms with Gasteiger partial charge in [0.2, 0.25) is 0 Å². The molecule has 0 aliphatic rings. The molecule has 0 aromatic heterocycles. The monoisotopic (exact) mass is 309 g/mol. The maximum absolute atomic E-state index is 14.0. The molecule has 2 aromatic rings. The van der Waals surface area contributed by atoms with Crippen molar-refractivity contribution in [2.24, 2.45) is 5.41 Å². The predicted molar refractivity (Wildman–Crippen MR) is 96.7 cm³/mol. The molecule has 0 radical (unpaired) electrons. The Morgan fingerprint density at radius 3 is 2.57 bits per heavy atom. The van der Waals surface area contributed by atoms with Crippen molar-refractivity contribution in [1.82, 2.24) is 4.90 Å². The Bertz CT molecular complexity index is 751. The first-order chi connectivity index (χ1) is 10.8. The molecular formula is C21H24FN. The molecule has 0 unspecified atom stereocenters. The molecular weight excluding hydrogens is 285 g/mol. The van der Waals surface area contributed by atoms with Crippen molar-refractivity contribution >= 4 is 10.8 Å². The van der Waals surface area contributed by atoms with Crippen LogP contribution < -0.4 is 0 Å². The lowest BCUT2D eigenvalue weighted by Crippen LogP contribution is -2.19. The number of likely N-dealkylation sites (N-methyl/N-ethyl adjacent to an activating group) is 1. The number of hydrogen-bond donors (Lipinski definition) is 0. The van der Waals surface area contributed by atoms with Crippen LogP contribution in [0.15, 0.2) is 54.4 Å². The van der Waals surface area contributed by atoms with Gasteiger partial charge >= 0.3 is 0 Å². The van der Waals surface area contributed by atoms with Gasteiger partial charge in [-0.1, -0.05) is 54.3 Å². The summed E-state index contributed by atoms with van der Waals surface area (Å²) < 4.78 is 14.0. The first-order valence-corrected chi connectivity index (χ1v) is 7.87. The molecule has 120 valence electrons. The van der Waals surface area contributed by atoms with Crippen LogP contribution in [0.1, 0.15) is 26.3 Å². The van der Waals surface area contributed by atoms with Crippen LogP contribution >= 0.6 is 0 Å². The van der Waals surface area contributed by atoms with Crippen LogP contribution in [0.4, 0.5) is 4.39 Å². The second-order valence-electron chi connectivity index (χ2n) is 6.92. The lowest BCUT2D eigenvalue weighted by Gasteiger charge is -2.16. The molecule has 1 nitrogen and oxygen atoms in total. The fraction of sp³-hybridized carbons (Fsp3) is 0.333. The minimum absolute atomic E-state index is 0.106. The molecule has 0 aliphatic carbocycles. The Morgan fingerprint density at radius 2 is 1.83 bits per heavy atom. The third-order valence-electron chi connectivity index (χ3n) is 3.42. The van der Waals surface area contributed by atoms with E-state index in [2.05, 4.69) is 36.1 Å². The summed E-state index contributed by atoms with van der Waals surface area (Å²) >= 11 is 0. The summed E-state index contributed by atoms with van der Waals surface area (Å²) in [5.41, 5.74) is 1.10. The average molecular weight is 309 g/mol. The van der Waals surface area contributed by atoms with E-state index in [9.17, 15) is 4.39 Å². The maximum Gasteiger partial charge on any atom is 0.122 e. The number of fused-ring (bicyclic) bond motifs is 1. The van der Waals surface area contributed by atoms with Crippen LogP contribution in [0, 0.1) is 17.3 Å². The molecule has 0 saturated heterocycles. The van der Waals surface area contributed by atoms with Crippen LogP contribution in [0.3, 0.4) is 0 Å². The largest absolute Gasteiger partial charge is 0.295 e. The van der Waals surface area contributed by atoms with Gasteiger partial charge in [0.05, 0.1) is 6.54 Å². The van der Waals surface area contributed by atoms with Gasteiger partial charge in [-0.05, 0) is 44.2 Å². The topological polar surface area (TPSA) is 3.24 Å². The molecule has 0 bridgehead atoms. The van der Waals surface area contributed by atoms with E-state index in [-0.39, 0.29) is 17.8 Å². The second kappa shape index (κ2) is 7.44. The van der Waals surface area contributed by atoms with Gasteiger partial charge in [0, 0.05) is 18.0 Å². The normalized spacial score (nSPS) is 12.3. The van der Waals surface area contributed by atoms with Gasteiger partial charge in [0.1, 0.15) is 5.83 Å². The van der Waals surface area contributed by atoms with Crippen molar-refractivity contribution in [1.29, 1.82) is 0 Å². The van der Waals surface area contributed by atoms with E-state index in [1.54, 1.807) is 0 Å². The minimum atomic E-state index is -0.204. The molecule has 2 rings (SSSR count). The predicted octanol–water partition coefficient (Wildman–Crippen LogP) is 5.17. The second-order valence-corrected chi connectivity index (χ2v) is 6.92. The molecule has 0 amide bonds. The van der Waals surface area contributed by atoms with Gasteiger partial charge in [-0.15, -0.1) is 0 Å². The van der Waals surface area contributed by atoms with E-state index in [1.807, 2.05) is 50.9 Å². The summed E-state index contributed by atoms with van der Waals surface area (Å²) in [4.78, 5) is 1.96. The number of allylic oxidation sites excluding steroid dienone is 1. The van der Waals surface area contributed by atoms with Gasteiger partial charge in [0.15, 0.2) is 0 Å². The van der Waals surface area contributed by atoms with Gasteiger partial charge in [-0.25, -0.2) is 4.39 Å². The van der Waals surface area contributed by atoms with E-state index in [1.165, 1.54) is 22.4 Å². The van der Waals surface area contributed by atoms with Crippen LogP contribution in [0.5, 0.6) is 0 Å². The van der Waals surface area contributed by atoms with E-state index < -0.39 is 0 Å². The smallest absolute Gasteiger partial charge is 0.122 e. The van der Waals surface area contributed by atoms with Crippen molar-refractivity contribution in [2.45, 2.75) is 27.3 Å². The fourth-order valence-electron chi connectivity index (χ4n) is 2.41. The Hall–Kier alpha value is -2.11. The van der Waals surface area contributed by atoms with Gasteiger partial charge < -0.3 is 0 Å². The Labute approximate surface area is 138 Å². The van der Waals surface area contributed by atoms with Gasteiger partial charge in [-0.2, -0.15) is 0 Å². The first-order valence-electron chi connectivity index (χ1n) is 7.87. The summed E-state index contributed by atoms with van der Waals surface area (Å²) in [7, 11) is 1.92. The van der Waals surface area contributed by atoms with E-state index in [4.69, 9.17) is 0 Å². The SMILES string of the molecule is CN(C/C(F)=C/C#CC(C)(C)C)Cc1cccc2ccccc12. The van der Waals surface area contributed by atoms with Crippen LogP contribution in [-0.4, -0.2) is 18.5 Å². The molecule has 0 heterocycles. The van der Waals surface area contributed by atoms with Crippen molar-refractivity contribution in [3.05, 3.63) is 59.9 Å². The zero-order valence-electron chi connectivity index (χ0n) is 14.4. The highest BCUT2D eigenvalue weighted by Gasteiger charge is 2.07. The van der Waals surface area contributed by atoms with E-state index >= 15 is 0 Å². The van der Waals surface area contributed by atoms with Crippen molar-refractivity contribution in [3.63, 3.8) is 0 Å². The highest BCUT2D eigenvalue weighted by atomic mass is 19.1. The molecule has 2 aromatic carbocycles. The Kier molecular flexibility index (Phi) is 5.58. The minimum Gasteiger partial charge on any atom is -0.295 e. The number of hydrogen-bond acceptors (Lipinski definition) is 1. The summed E-state index contributed by atoms with van der Waals surface area (Å²) in [6.45, 7) is 7.01. The zero-order valence-corrected chi connectivity index (χ0v) is 14.4. The average Bonchev–Trinajstić information content (AvgIpc) is 2.46. The van der Waals surface area contributed by atoms with E-state index in [0.717, 1.165) is 0 Å². The summed E-state index contributed by atoms with van der Waals surface area (Å²) in [5, 5.41) is 2.43. The summed E-state index contributed by atoms with van der Waals surface area (Å²) in [6, 6.07) is 14.5. The summed E-state index contributed by atoms with van der Waals surface area (Å²) in [5.74, 6) is 5.62. The number of rotatable bonds is 4. The van der Waals surface area contributed by atoms with E-state index in [0.29, 0.717) is 6.54 Å². The lowest BCUT2D eigenvalue weighted by molar-refractivity contribution is 0.329. The zero-order chi connectivity index (χ0) is 16.9. The molecule has 0 aliphatic heterocycles. The quantitative estimate of drug-likeness (QED) is 0.704. The fourth-order valence-corrected chi connectivity index (χ4v) is 2.41. The molecule has 0 saturated carbocycles. The molecule has 0 fully saturated rings. The maximum atomic E-state index is 14.0. The van der Waals surface area contributed by atoms with Crippen molar-refractivity contribution in [2.75, 3.05) is 13.6 Å². The number of benzene rings is 2. The lowest BCUT2D eigenvalue weighted by atomic mass is 9.98. The number of halogens is 1. The van der Waals surface area contributed by atoms with Gasteiger partial charge in [0.25, 0.3) is 0 Å². The number of nitrogens with zero attached hydrogens (tertiary/aromatic N) is 1. The standard InChI is InChI=1S/C21H24FN/c1-21(2,3)14-8-12-19(22)16-23(4)15-18-11-7-10-17-9-5-6-13-20(17)18/h5-7,9-13H,15-16H2,1-4H3/b19-12-. The van der Waals surface area contributed by atoms with Crippen LogP contribution in [-0.2, 0) is 6.54 Å². The third-order valence-corrected chi connectivity index (χ3v) is 3.42. The first kappa shape index (κ1) is 17.2. The highest BCUT2D eigenvalue weighted by Crippen LogP contribution is 2.20. The molecule has 23 heavy (non-hydrogen) atoms. The Morgan fingerprint density at radius 1 is 1.13 bits per heavy atom. The molecule has 0 spiro atoms. The van der Waals surface area contributed by atoms with Crippen molar-refractivity contribution in [3.8, 4) is 11.8 Å². The van der Waals surface area contributed by atoms with Crippen LogP contribution in [0.2, 0.25) is 0 Å². The van der Waals surface area contributed by atoms with Gasteiger partial charge in [-0.3, -0.25) is 4.90 Å². The van der Waals surface area contributed by atoms with Crippen molar-refractivity contribution < 1.29 is 4.39 Å².